The topological polar surface area (TPSA) is 127 Å². The molecule has 1 amide bonds. The van der Waals surface area contributed by atoms with E-state index < -0.39 is 22.0 Å². The summed E-state index contributed by atoms with van der Waals surface area (Å²) in [6, 6.07) is 5.73. The molecule has 0 radical (unpaired) electrons. The van der Waals surface area contributed by atoms with E-state index in [1.807, 2.05) is 7.05 Å². The van der Waals surface area contributed by atoms with Gasteiger partial charge in [-0.05, 0) is 31.3 Å². The van der Waals surface area contributed by atoms with Gasteiger partial charge in [0.2, 0.25) is 0 Å². The van der Waals surface area contributed by atoms with Crippen LogP contribution in [0.3, 0.4) is 0 Å². The number of aromatic amines is 1. The van der Waals surface area contributed by atoms with Crippen molar-refractivity contribution in [3.8, 4) is 0 Å². The van der Waals surface area contributed by atoms with Crippen LogP contribution in [0.2, 0.25) is 5.02 Å². The maximum Gasteiger partial charge on any atom is 0.305 e. The second-order valence-electron chi connectivity index (χ2n) is 8.86. The van der Waals surface area contributed by atoms with Gasteiger partial charge < -0.3 is 19.9 Å². The number of sulfonamides is 1. The number of carboxylic acid groups (broad SMARTS) is 1. The minimum Gasteiger partial charge on any atom is -0.481 e. The number of nitrogens with one attached hydrogen (secondary N) is 1. The van der Waals surface area contributed by atoms with E-state index in [9.17, 15) is 23.1 Å². The summed E-state index contributed by atoms with van der Waals surface area (Å²) in [5.41, 5.74) is 1.54. The Hall–Kier alpha value is -2.51. The van der Waals surface area contributed by atoms with Crippen LogP contribution < -0.4 is 0 Å². The van der Waals surface area contributed by atoms with Crippen molar-refractivity contribution in [2.24, 2.45) is 0 Å². The van der Waals surface area contributed by atoms with Crippen molar-refractivity contribution in [1.29, 1.82) is 0 Å². The van der Waals surface area contributed by atoms with Crippen LogP contribution in [-0.2, 0) is 27.8 Å². The maximum absolute atomic E-state index is 13.4. The van der Waals surface area contributed by atoms with Crippen LogP contribution in [0.1, 0.15) is 26.8 Å². The summed E-state index contributed by atoms with van der Waals surface area (Å²) in [7, 11) is -1.93. The Morgan fingerprint density at radius 2 is 2.06 bits per heavy atom. The number of benzene rings is 1. The largest absolute Gasteiger partial charge is 0.481 e. The number of carbonyl (C=O) groups excluding carboxylic acids is 1. The van der Waals surface area contributed by atoms with Gasteiger partial charge in [-0.1, -0.05) is 11.6 Å². The van der Waals surface area contributed by atoms with Gasteiger partial charge in [0.15, 0.2) is 5.01 Å². The number of nitrogens with zero attached hydrogens (tertiary/aromatic N) is 4. The number of rotatable bonds is 5. The molecule has 2 aliphatic heterocycles. The number of carbonyl (C=O) groups is 2. The van der Waals surface area contributed by atoms with Gasteiger partial charge in [-0.15, -0.1) is 11.3 Å². The van der Waals surface area contributed by atoms with Gasteiger partial charge in [0.05, 0.1) is 18.2 Å². The Balaban J connectivity index is 1.39. The number of carboxylic acids is 1. The standard InChI is InChI=1S/C22H24ClN5O5S2/c1-26-5-4-17-18(12-26)34-21(25-17)22(31)28-7-6-27(11-15(28)10-20(29)30)35(32,33)19-9-13-8-14(23)2-3-16(13)24-19/h2-3,8-9,15,24H,4-7,10-12H2,1H3,(H,29,30). The van der Waals surface area contributed by atoms with Crippen LogP contribution in [0.25, 0.3) is 10.9 Å². The van der Waals surface area contributed by atoms with Crippen LogP contribution in [0.5, 0.6) is 0 Å². The normalized spacial score (nSPS) is 19.7. The molecule has 186 valence electrons. The zero-order valence-electron chi connectivity index (χ0n) is 18.9. The fraction of sp³-hybridized carbons (Fsp3) is 0.409. The van der Waals surface area contributed by atoms with E-state index in [2.05, 4.69) is 14.9 Å². The van der Waals surface area contributed by atoms with Crippen LogP contribution >= 0.6 is 22.9 Å². The molecular weight excluding hydrogens is 514 g/mol. The van der Waals surface area contributed by atoms with E-state index in [-0.39, 0.29) is 37.0 Å². The van der Waals surface area contributed by atoms with Gasteiger partial charge >= 0.3 is 5.97 Å². The molecule has 2 aliphatic rings. The number of fused-ring (bicyclic) bond motifs is 2. The SMILES string of the molecule is CN1CCc2nc(C(=O)N3CCN(S(=O)(=O)c4cc5cc(Cl)ccc5[nH]4)CC3CC(=O)O)sc2C1. The van der Waals surface area contributed by atoms with Gasteiger partial charge in [0.25, 0.3) is 15.9 Å². The summed E-state index contributed by atoms with van der Waals surface area (Å²) in [5.74, 6) is -1.46. The molecule has 10 nitrogen and oxygen atoms in total. The third kappa shape index (κ3) is 4.68. The van der Waals surface area contributed by atoms with Crippen molar-refractivity contribution in [3.05, 3.63) is 44.9 Å². The number of thiazole rings is 1. The molecule has 0 saturated carbocycles. The molecule has 4 heterocycles. The summed E-state index contributed by atoms with van der Waals surface area (Å²) in [5, 5.41) is 11.0. The molecule has 13 heteroatoms. The first kappa shape index (κ1) is 24.2. The molecule has 2 N–H and O–H groups in total. The lowest BCUT2D eigenvalue weighted by molar-refractivity contribution is -0.138. The summed E-state index contributed by atoms with van der Waals surface area (Å²) in [6.07, 6.45) is 0.393. The Morgan fingerprint density at radius 1 is 1.26 bits per heavy atom. The van der Waals surface area contributed by atoms with Gasteiger partial charge in [0, 0.05) is 59.9 Å². The third-order valence-corrected chi connectivity index (χ3v) is 9.49. The Labute approximate surface area is 211 Å². The average molecular weight is 538 g/mol. The minimum atomic E-state index is -3.94. The lowest BCUT2D eigenvalue weighted by Crippen LogP contribution is -2.57. The number of piperazine rings is 1. The molecular formula is C22H24ClN5O5S2. The van der Waals surface area contributed by atoms with E-state index in [0.29, 0.717) is 20.9 Å². The number of likely N-dealkylation sites (N-methyl/N-ethyl adjacent to an activating group) is 1. The second-order valence-corrected chi connectivity index (χ2v) is 12.3. The lowest BCUT2D eigenvalue weighted by Gasteiger charge is -2.39. The van der Waals surface area contributed by atoms with Gasteiger partial charge in [-0.2, -0.15) is 4.31 Å². The number of H-pyrrole nitrogens is 1. The molecule has 2 aromatic heterocycles. The minimum absolute atomic E-state index is 0.000312. The fourth-order valence-corrected chi connectivity index (χ4v) is 7.39. The summed E-state index contributed by atoms with van der Waals surface area (Å²) in [4.78, 5) is 37.0. The van der Waals surface area contributed by atoms with Crippen LogP contribution in [0.4, 0.5) is 0 Å². The third-order valence-electron chi connectivity index (χ3n) is 6.40. The summed E-state index contributed by atoms with van der Waals surface area (Å²) < 4.78 is 28.0. The molecule has 0 spiro atoms. The molecule has 1 atom stereocenters. The fourth-order valence-electron chi connectivity index (χ4n) is 4.58. The first-order valence-corrected chi connectivity index (χ1v) is 13.7. The van der Waals surface area contributed by atoms with Crippen LogP contribution in [0, 0.1) is 0 Å². The quantitative estimate of drug-likeness (QED) is 0.511. The van der Waals surface area contributed by atoms with Gasteiger partial charge in [-0.25, -0.2) is 13.4 Å². The average Bonchev–Trinajstić information content (AvgIpc) is 3.42. The molecule has 0 bridgehead atoms. The van der Waals surface area contributed by atoms with Crippen molar-refractivity contribution < 1.29 is 23.1 Å². The zero-order valence-corrected chi connectivity index (χ0v) is 21.3. The Morgan fingerprint density at radius 3 is 2.83 bits per heavy atom. The van der Waals surface area contributed by atoms with Crippen LogP contribution in [-0.4, -0.2) is 88.7 Å². The molecule has 1 fully saturated rings. The molecule has 3 aromatic rings. The number of hydrogen-bond donors (Lipinski definition) is 2. The number of amides is 1. The molecule has 0 aliphatic carbocycles. The van der Waals surface area contributed by atoms with Gasteiger partial charge in [0.1, 0.15) is 5.03 Å². The number of halogens is 1. The van der Waals surface area contributed by atoms with Crippen molar-refractivity contribution in [1.82, 2.24) is 24.1 Å². The van der Waals surface area contributed by atoms with E-state index in [1.165, 1.54) is 26.6 Å². The van der Waals surface area contributed by atoms with Crippen molar-refractivity contribution in [3.63, 3.8) is 0 Å². The maximum atomic E-state index is 13.4. The first-order chi connectivity index (χ1) is 16.6. The highest BCUT2D eigenvalue weighted by Crippen LogP contribution is 2.29. The van der Waals surface area contributed by atoms with Crippen LogP contribution in [0.15, 0.2) is 29.3 Å². The monoisotopic (exact) mass is 537 g/mol. The van der Waals surface area contributed by atoms with E-state index >= 15 is 0 Å². The lowest BCUT2D eigenvalue weighted by atomic mass is 10.1. The number of aromatic nitrogens is 2. The number of aliphatic carboxylic acids is 1. The number of hydrogen-bond acceptors (Lipinski definition) is 7. The predicted molar refractivity (Wildman–Crippen MR) is 131 cm³/mol. The molecule has 35 heavy (non-hydrogen) atoms. The first-order valence-electron chi connectivity index (χ1n) is 11.1. The smallest absolute Gasteiger partial charge is 0.305 e. The van der Waals surface area contributed by atoms with Gasteiger partial charge in [-0.3, -0.25) is 9.59 Å². The highest BCUT2D eigenvalue weighted by Gasteiger charge is 2.39. The summed E-state index contributed by atoms with van der Waals surface area (Å²) >= 11 is 7.35. The predicted octanol–water partition coefficient (Wildman–Crippen LogP) is 2.26. The Kier molecular flexibility index (Phi) is 6.34. The van der Waals surface area contributed by atoms with Crippen molar-refractivity contribution in [2.75, 3.05) is 33.2 Å². The van der Waals surface area contributed by atoms with Crippen molar-refractivity contribution >= 4 is 55.7 Å². The molecule has 5 rings (SSSR count). The Bertz CT molecular complexity index is 1420. The summed E-state index contributed by atoms with van der Waals surface area (Å²) in [6.45, 7) is 1.59. The molecule has 1 unspecified atom stereocenters. The zero-order chi connectivity index (χ0) is 24.9. The molecule has 1 saturated heterocycles. The molecule has 1 aromatic carbocycles. The second kappa shape index (κ2) is 9.17. The van der Waals surface area contributed by atoms with E-state index in [4.69, 9.17) is 11.6 Å². The van der Waals surface area contributed by atoms with Crippen molar-refractivity contribution in [2.45, 2.75) is 30.5 Å². The highest BCUT2D eigenvalue weighted by molar-refractivity contribution is 7.89. The van der Waals surface area contributed by atoms with E-state index in [1.54, 1.807) is 18.2 Å². The van der Waals surface area contributed by atoms with E-state index in [0.717, 1.165) is 30.1 Å². The highest BCUT2D eigenvalue weighted by atomic mass is 35.5.